The summed E-state index contributed by atoms with van der Waals surface area (Å²) in [6, 6.07) is 0.776. The van der Waals surface area contributed by atoms with Crippen molar-refractivity contribution in [1.29, 1.82) is 0 Å². The molecule has 3 heteroatoms. The van der Waals surface area contributed by atoms with E-state index in [0.717, 1.165) is 25.7 Å². The highest BCUT2D eigenvalue weighted by molar-refractivity contribution is 4.89. The highest BCUT2D eigenvalue weighted by atomic mass is 16.5. The van der Waals surface area contributed by atoms with Gasteiger partial charge in [0.2, 0.25) is 0 Å². The van der Waals surface area contributed by atoms with Crippen LogP contribution < -0.4 is 5.73 Å². The van der Waals surface area contributed by atoms with Crippen LogP contribution in [0.3, 0.4) is 0 Å². The lowest BCUT2D eigenvalue weighted by Crippen LogP contribution is -2.49. The van der Waals surface area contributed by atoms with Gasteiger partial charge in [-0.15, -0.1) is 0 Å². The van der Waals surface area contributed by atoms with E-state index >= 15 is 0 Å². The second-order valence-corrected chi connectivity index (χ2v) is 5.78. The Bertz CT molecular complexity index is 218. The zero-order valence-electron chi connectivity index (χ0n) is 10.0. The molecule has 88 valence electrons. The van der Waals surface area contributed by atoms with Crippen molar-refractivity contribution in [3.05, 3.63) is 0 Å². The van der Waals surface area contributed by atoms with Gasteiger partial charge in [-0.3, -0.25) is 4.90 Å². The smallest absolute Gasteiger partial charge is 0.0824 e. The van der Waals surface area contributed by atoms with Crippen molar-refractivity contribution >= 4 is 0 Å². The van der Waals surface area contributed by atoms with Gasteiger partial charge in [0.25, 0.3) is 0 Å². The average molecular weight is 212 g/mol. The fraction of sp³-hybridized carbons (Fsp3) is 1.00. The van der Waals surface area contributed by atoms with Crippen LogP contribution in [0.25, 0.3) is 0 Å². The largest absolute Gasteiger partial charge is 0.374 e. The van der Waals surface area contributed by atoms with Crippen molar-refractivity contribution in [2.75, 3.05) is 26.2 Å². The zero-order chi connectivity index (χ0) is 10.9. The third-order valence-corrected chi connectivity index (χ3v) is 3.89. The highest BCUT2D eigenvalue weighted by Crippen LogP contribution is 2.39. The van der Waals surface area contributed by atoms with Gasteiger partial charge in [0.15, 0.2) is 0 Å². The maximum atomic E-state index is 5.67. The summed E-state index contributed by atoms with van der Waals surface area (Å²) >= 11 is 0. The van der Waals surface area contributed by atoms with Gasteiger partial charge in [-0.05, 0) is 24.7 Å². The number of morpholine rings is 1. The molecule has 15 heavy (non-hydrogen) atoms. The Hall–Kier alpha value is -0.120. The first-order chi connectivity index (χ1) is 7.11. The molecule has 0 aromatic heterocycles. The van der Waals surface area contributed by atoms with Gasteiger partial charge in [0, 0.05) is 25.7 Å². The number of rotatable bonds is 2. The van der Waals surface area contributed by atoms with Crippen LogP contribution in [0, 0.1) is 5.41 Å². The van der Waals surface area contributed by atoms with Crippen LogP contribution in [-0.2, 0) is 4.74 Å². The van der Waals surface area contributed by atoms with Crippen LogP contribution >= 0.6 is 0 Å². The SMILES string of the molecule is CC1(C)CCC(N2CCOC(CN)C2)C1. The molecule has 1 saturated carbocycles. The van der Waals surface area contributed by atoms with E-state index in [1.165, 1.54) is 19.3 Å². The van der Waals surface area contributed by atoms with Crippen LogP contribution in [0.2, 0.25) is 0 Å². The summed E-state index contributed by atoms with van der Waals surface area (Å²) < 4.78 is 5.60. The third kappa shape index (κ3) is 2.71. The molecule has 3 nitrogen and oxygen atoms in total. The number of nitrogens with two attached hydrogens (primary N) is 1. The van der Waals surface area contributed by atoms with Crippen molar-refractivity contribution in [3.8, 4) is 0 Å². The van der Waals surface area contributed by atoms with Crippen molar-refractivity contribution < 1.29 is 4.74 Å². The van der Waals surface area contributed by atoms with E-state index in [-0.39, 0.29) is 6.10 Å². The van der Waals surface area contributed by atoms with Gasteiger partial charge in [-0.1, -0.05) is 13.8 Å². The minimum atomic E-state index is 0.266. The van der Waals surface area contributed by atoms with Gasteiger partial charge < -0.3 is 10.5 Å². The Morgan fingerprint density at radius 2 is 2.27 bits per heavy atom. The van der Waals surface area contributed by atoms with E-state index in [1.807, 2.05) is 0 Å². The third-order valence-electron chi connectivity index (χ3n) is 3.89. The lowest BCUT2D eigenvalue weighted by Gasteiger charge is -2.37. The molecule has 0 aromatic rings. The predicted octanol–water partition coefficient (Wildman–Crippen LogP) is 1.22. The summed E-state index contributed by atoms with van der Waals surface area (Å²) in [4.78, 5) is 2.59. The molecule has 1 saturated heterocycles. The number of hydrogen-bond donors (Lipinski definition) is 1. The minimum Gasteiger partial charge on any atom is -0.374 e. The summed E-state index contributed by atoms with van der Waals surface area (Å²) in [5.74, 6) is 0. The molecule has 0 amide bonds. The molecule has 0 aromatic carbocycles. The van der Waals surface area contributed by atoms with Crippen molar-refractivity contribution in [2.45, 2.75) is 45.3 Å². The van der Waals surface area contributed by atoms with Crippen molar-refractivity contribution in [3.63, 3.8) is 0 Å². The Morgan fingerprint density at radius 1 is 1.47 bits per heavy atom. The number of nitrogens with zero attached hydrogens (tertiary/aromatic N) is 1. The lowest BCUT2D eigenvalue weighted by atomic mass is 9.91. The normalized spacial score (nSPS) is 37.0. The molecule has 0 radical (unpaired) electrons. The second-order valence-electron chi connectivity index (χ2n) is 5.78. The summed E-state index contributed by atoms with van der Waals surface area (Å²) in [6.45, 7) is 8.42. The van der Waals surface area contributed by atoms with E-state index < -0.39 is 0 Å². The van der Waals surface area contributed by atoms with E-state index in [9.17, 15) is 0 Å². The maximum Gasteiger partial charge on any atom is 0.0824 e. The van der Waals surface area contributed by atoms with Gasteiger partial charge in [-0.25, -0.2) is 0 Å². The first kappa shape index (κ1) is 11.4. The van der Waals surface area contributed by atoms with E-state index in [1.54, 1.807) is 0 Å². The van der Waals surface area contributed by atoms with Crippen LogP contribution in [0.1, 0.15) is 33.1 Å². The molecule has 1 aliphatic carbocycles. The number of ether oxygens (including phenoxy) is 1. The Balaban J connectivity index is 1.88. The molecule has 1 aliphatic heterocycles. The second kappa shape index (κ2) is 4.40. The van der Waals surface area contributed by atoms with Gasteiger partial charge in [0.05, 0.1) is 12.7 Å². The van der Waals surface area contributed by atoms with Crippen LogP contribution in [0.15, 0.2) is 0 Å². The molecular formula is C12H24N2O. The summed E-state index contributed by atoms with van der Waals surface area (Å²) in [5, 5.41) is 0. The topological polar surface area (TPSA) is 38.5 Å². The van der Waals surface area contributed by atoms with E-state index in [4.69, 9.17) is 10.5 Å². The predicted molar refractivity (Wildman–Crippen MR) is 61.8 cm³/mol. The van der Waals surface area contributed by atoms with Crippen LogP contribution in [0.5, 0.6) is 0 Å². The highest BCUT2D eigenvalue weighted by Gasteiger charge is 2.35. The Labute approximate surface area is 93.0 Å². The monoisotopic (exact) mass is 212 g/mol. The van der Waals surface area contributed by atoms with Crippen LogP contribution in [-0.4, -0.2) is 43.3 Å². The fourth-order valence-electron chi connectivity index (χ4n) is 2.93. The van der Waals surface area contributed by atoms with Crippen LogP contribution in [0.4, 0.5) is 0 Å². The summed E-state index contributed by atoms with van der Waals surface area (Å²) in [7, 11) is 0. The molecular weight excluding hydrogens is 188 g/mol. The lowest BCUT2D eigenvalue weighted by molar-refractivity contribution is -0.0386. The molecule has 0 bridgehead atoms. The molecule has 2 unspecified atom stereocenters. The first-order valence-electron chi connectivity index (χ1n) is 6.16. The molecule has 2 rings (SSSR count). The van der Waals surface area contributed by atoms with Gasteiger partial charge >= 0.3 is 0 Å². The number of hydrogen-bond acceptors (Lipinski definition) is 3. The zero-order valence-corrected chi connectivity index (χ0v) is 10.0. The molecule has 2 N–H and O–H groups in total. The van der Waals surface area contributed by atoms with Crippen molar-refractivity contribution in [2.24, 2.45) is 11.1 Å². The van der Waals surface area contributed by atoms with E-state index in [2.05, 4.69) is 18.7 Å². The Morgan fingerprint density at radius 3 is 2.87 bits per heavy atom. The molecule has 2 atom stereocenters. The Kier molecular flexibility index (Phi) is 3.33. The molecule has 0 spiro atoms. The molecule has 2 fully saturated rings. The fourth-order valence-corrected chi connectivity index (χ4v) is 2.93. The molecule has 1 heterocycles. The standard InChI is InChI=1S/C12H24N2O/c1-12(2)4-3-10(7-12)14-5-6-15-11(8-13)9-14/h10-11H,3-9,13H2,1-2H3. The minimum absolute atomic E-state index is 0.266. The van der Waals surface area contributed by atoms with Gasteiger partial charge in [-0.2, -0.15) is 0 Å². The first-order valence-corrected chi connectivity index (χ1v) is 6.16. The summed E-state index contributed by atoms with van der Waals surface area (Å²) in [6.07, 6.45) is 4.32. The van der Waals surface area contributed by atoms with Gasteiger partial charge in [0.1, 0.15) is 0 Å². The summed E-state index contributed by atoms with van der Waals surface area (Å²) in [5.41, 5.74) is 6.21. The maximum absolute atomic E-state index is 5.67. The quantitative estimate of drug-likeness (QED) is 0.748. The molecule has 2 aliphatic rings. The van der Waals surface area contributed by atoms with E-state index in [0.29, 0.717) is 12.0 Å². The average Bonchev–Trinajstić information content (AvgIpc) is 2.59. The van der Waals surface area contributed by atoms with Crippen molar-refractivity contribution in [1.82, 2.24) is 4.90 Å².